The maximum absolute atomic E-state index is 12.8. The molecule has 2 heterocycles. The van der Waals surface area contributed by atoms with Crippen LogP contribution < -0.4 is 5.32 Å². The van der Waals surface area contributed by atoms with Crippen LogP contribution in [0, 0.1) is 5.92 Å². The van der Waals surface area contributed by atoms with Gasteiger partial charge in [0.15, 0.2) is 6.61 Å². The molecule has 2 fully saturated rings. The van der Waals surface area contributed by atoms with Crippen molar-refractivity contribution in [3.05, 3.63) is 22.4 Å². The van der Waals surface area contributed by atoms with Crippen LogP contribution in [0.1, 0.15) is 38.2 Å². The second-order valence-corrected chi connectivity index (χ2v) is 8.26. The minimum absolute atomic E-state index is 0.0195. The number of carbonyl (C=O) groups is 4. The van der Waals surface area contributed by atoms with Crippen LogP contribution in [-0.4, -0.2) is 59.4 Å². The van der Waals surface area contributed by atoms with Crippen LogP contribution in [0.5, 0.6) is 0 Å². The number of hydrogen-bond donors (Lipinski definition) is 1. The summed E-state index contributed by atoms with van der Waals surface area (Å²) in [6, 6.07) is 1.34. The van der Waals surface area contributed by atoms with Crippen LogP contribution in [0.25, 0.3) is 0 Å². The molecule has 8 nitrogen and oxygen atoms in total. The number of likely N-dealkylation sites (N-methyl/N-ethyl adjacent to an activating group) is 1. The molecule has 0 aromatic carbocycles. The van der Waals surface area contributed by atoms with Crippen molar-refractivity contribution in [2.45, 2.75) is 44.7 Å². The number of urea groups is 1. The Labute approximate surface area is 167 Å². The van der Waals surface area contributed by atoms with Gasteiger partial charge in [0.1, 0.15) is 12.1 Å². The first-order chi connectivity index (χ1) is 13.3. The summed E-state index contributed by atoms with van der Waals surface area (Å²) < 4.78 is 5.00. The highest BCUT2D eigenvalue weighted by Crippen LogP contribution is 2.38. The van der Waals surface area contributed by atoms with E-state index >= 15 is 0 Å². The van der Waals surface area contributed by atoms with E-state index in [1.165, 1.54) is 4.90 Å². The molecule has 152 valence electrons. The molecule has 1 aromatic rings. The molecule has 1 aliphatic heterocycles. The van der Waals surface area contributed by atoms with E-state index in [9.17, 15) is 19.2 Å². The van der Waals surface area contributed by atoms with Gasteiger partial charge in [-0.15, -0.1) is 0 Å². The molecular formula is C19H25N3O5S. The lowest BCUT2D eigenvalue weighted by Gasteiger charge is -2.36. The zero-order valence-electron chi connectivity index (χ0n) is 16.1. The standard InChI is InChI=1S/C19H25N3O5S/c1-13-5-3-4-7-19(13)17(25)22(18(26)20-19)10-16(24)27-11-15(23)21(2)9-14-6-8-28-12-14/h6,8,12-13H,3-5,7,9-11H2,1-2H3,(H,20,26). The Bertz CT molecular complexity index is 766. The quantitative estimate of drug-likeness (QED) is 0.573. The van der Waals surface area contributed by atoms with Gasteiger partial charge in [0.05, 0.1) is 0 Å². The molecule has 3 rings (SSSR count). The number of hydrogen-bond acceptors (Lipinski definition) is 6. The van der Waals surface area contributed by atoms with Crippen molar-refractivity contribution in [2.24, 2.45) is 5.92 Å². The Kier molecular flexibility index (Phi) is 6.02. The second kappa shape index (κ2) is 8.30. The molecule has 1 aromatic heterocycles. The third kappa shape index (κ3) is 4.04. The van der Waals surface area contributed by atoms with E-state index in [4.69, 9.17) is 4.74 Å². The lowest BCUT2D eigenvalue weighted by atomic mass is 9.73. The maximum atomic E-state index is 12.8. The van der Waals surface area contributed by atoms with Gasteiger partial charge < -0.3 is 15.0 Å². The van der Waals surface area contributed by atoms with Crippen LogP contribution in [0.15, 0.2) is 16.8 Å². The van der Waals surface area contributed by atoms with Gasteiger partial charge in [0, 0.05) is 13.6 Å². The van der Waals surface area contributed by atoms with Gasteiger partial charge in [-0.25, -0.2) is 4.79 Å². The number of thiophene rings is 1. The van der Waals surface area contributed by atoms with E-state index in [0.29, 0.717) is 13.0 Å². The molecule has 1 spiro atoms. The lowest BCUT2D eigenvalue weighted by molar-refractivity contribution is -0.153. The SMILES string of the molecule is CC1CCCCC12NC(=O)N(CC(=O)OCC(=O)N(C)Cc1ccsc1)C2=O. The molecule has 2 unspecified atom stereocenters. The van der Waals surface area contributed by atoms with Gasteiger partial charge >= 0.3 is 12.0 Å². The topological polar surface area (TPSA) is 96.0 Å². The minimum Gasteiger partial charge on any atom is -0.454 e. The number of carbonyl (C=O) groups excluding carboxylic acids is 4. The molecule has 9 heteroatoms. The minimum atomic E-state index is -0.911. The number of esters is 1. The van der Waals surface area contributed by atoms with Gasteiger partial charge in [0.2, 0.25) is 0 Å². The largest absolute Gasteiger partial charge is 0.454 e. The summed E-state index contributed by atoms with van der Waals surface area (Å²) in [5.74, 6) is -1.48. The predicted molar refractivity (Wildman–Crippen MR) is 102 cm³/mol. The van der Waals surface area contributed by atoms with E-state index in [1.54, 1.807) is 18.4 Å². The Morgan fingerprint density at radius 2 is 2.18 bits per heavy atom. The highest BCUT2D eigenvalue weighted by Gasteiger charge is 2.55. The molecule has 2 atom stereocenters. The summed E-state index contributed by atoms with van der Waals surface area (Å²) in [6.07, 6.45) is 3.32. The van der Waals surface area contributed by atoms with E-state index in [0.717, 1.165) is 29.7 Å². The summed E-state index contributed by atoms with van der Waals surface area (Å²) in [6.45, 7) is 1.46. The van der Waals surface area contributed by atoms with Crippen molar-refractivity contribution in [1.29, 1.82) is 0 Å². The molecule has 1 N–H and O–H groups in total. The van der Waals surface area contributed by atoms with E-state index < -0.39 is 30.7 Å². The summed E-state index contributed by atoms with van der Waals surface area (Å²) in [5.41, 5.74) is 0.0880. The molecule has 1 saturated heterocycles. The number of nitrogens with zero attached hydrogens (tertiary/aromatic N) is 2. The number of ether oxygens (including phenoxy) is 1. The maximum Gasteiger partial charge on any atom is 0.326 e. The Hall–Kier alpha value is -2.42. The first-order valence-corrected chi connectivity index (χ1v) is 10.3. The second-order valence-electron chi connectivity index (χ2n) is 7.48. The van der Waals surface area contributed by atoms with Gasteiger partial charge in [0.25, 0.3) is 11.8 Å². The first-order valence-electron chi connectivity index (χ1n) is 9.38. The van der Waals surface area contributed by atoms with Gasteiger partial charge in [-0.2, -0.15) is 11.3 Å². The number of rotatable bonds is 6. The number of nitrogens with one attached hydrogen (secondary N) is 1. The van der Waals surface area contributed by atoms with Crippen LogP contribution in [-0.2, 0) is 25.7 Å². The molecule has 1 aliphatic carbocycles. The lowest BCUT2D eigenvalue weighted by Crippen LogP contribution is -2.54. The normalized spacial score (nSPS) is 24.4. The highest BCUT2D eigenvalue weighted by atomic mass is 32.1. The van der Waals surface area contributed by atoms with Gasteiger partial charge in [-0.1, -0.05) is 19.8 Å². The zero-order chi connectivity index (χ0) is 20.3. The van der Waals surface area contributed by atoms with Crippen molar-refractivity contribution in [3.8, 4) is 0 Å². The summed E-state index contributed by atoms with van der Waals surface area (Å²) >= 11 is 1.54. The van der Waals surface area contributed by atoms with Crippen molar-refractivity contribution < 1.29 is 23.9 Å². The average Bonchev–Trinajstić information content (AvgIpc) is 3.25. The van der Waals surface area contributed by atoms with Crippen molar-refractivity contribution in [1.82, 2.24) is 15.1 Å². The smallest absolute Gasteiger partial charge is 0.326 e. The molecule has 0 bridgehead atoms. The van der Waals surface area contributed by atoms with Crippen molar-refractivity contribution in [3.63, 3.8) is 0 Å². The zero-order valence-corrected chi connectivity index (χ0v) is 16.9. The first kappa shape index (κ1) is 20.3. The number of amides is 4. The summed E-state index contributed by atoms with van der Waals surface area (Å²) in [4.78, 5) is 51.7. The monoisotopic (exact) mass is 407 g/mol. The molecule has 28 heavy (non-hydrogen) atoms. The summed E-state index contributed by atoms with van der Waals surface area (Å²) in [7, 11) is 1.62. The number of imide groups is 1. The fourth-order valence-electron chi connectivity index (χ4n) is 3.81. The van der Waals surface area contributed by atoms with Gasteiger partial charge in [-0.3, -0.25) is 19.3 Å². The molecule has 0 radical (unpaired) electrons. The fraction of sp³-hybridized carbons (Fsp3) is 0.579. The Morgan fingerprint density at radius 1 is 1.39 bits per heavy atom. The van der Waals surface area contributed by atoms with Crippen LogP contribution >= 0.6 is 11.3 Å². The van der Waals surface area contributed by atoms with Crippen LogP contribution in [0.2, 0.25) is 0 Å². The van der Waals surface area contributed by atoms with E-state index in [-0.39, 0.29) is 17.7 Å². The summed E-state index contributed by atoms with van der Waals surface area (Å²) in [5, 5.41) is 6.65. The Morgan fingerprint density at radius 3 is 2.86 bits per heavy atom. The fourth-order valence-corrected chi connectivity index (χ4v) is 4.47. The van der Waals surface area contributed by atoms with E-state index in [2.05, 4.69) is 5.32 Å². The van der Waals surface area contributed by atoms with Crippen molar-refractivity contribution in [2.75, 3.05) is 20.2 Å². The van der Waals surface area contributed by atoms with Crippen LogP contribution in [0.4, 0.5) is 4.79 Å². The molecule has 2 aliphatic rings. The highest BCUT2D eigenvalue weighted by molar-refractivity contribution is 7.07. The Balaban J connectivity index is 1.51. The molecule has 4 amide bonds. The van der Waals surface area contributed by atoms with Gasteiger partial charge in [-0.05, 0) is 41.1 Å². The molecular weight excluding hydrogens is 382 g/mol. The predicted octanol–water partition coefficient (Wildman–Crippen LogP) is 1.75. The average molecular weight is 407 g/mol. The molecule has 1 saturated carbocycles. The van der Waals surface area contributed by atoms with Crippen molar-refractivity contribution >= 4 is 35.2 Å². The van der Waals surface area contributed by atoms with E-state index in [1.807, 2.05) is 23.8 Å². The third-order valence-electron chi connectivity index (χ3n) is 5.57. The third-order valence-corrected chi connectivity index (χ3v) is 6.30. The van der Waals surface area contributed by atoms with Crippen LogP contribution in [0.3, 0.4) is 0 Å².